The van der Waals surface area contributed by atoms with Gasteiger partial charge in [0.1, 0.15) is 0 Å². The number of hydrogen-bond donors (Lipinski definition) is 0. The van der Waals surface area contributed by atoms with Gasteiger partial charge in [-0.05, 0) is 168 Å². The average Bonchev–Trinajstić information content (AvgIpc) is 3.43. The zero-order chi connectivity index (χ0) is 49.4. The van der Waals surface area contributed by atoms with Crippen LogP contribution in [0.2, 0.25) is 0 Å². The smallest absolute Gasteiger partial charge is 0.0462 e. The first kappa shape index (κ1) is 47.0. The summed E-state index contributed by atoms with van der Waals surface area (Å²) in [4.78, 5) is 4.70. The van der Waals surface area contributed by atoms with Crippen LogP contribution < -0.4 is 9.80 Å². The molecule has 0 bridgehead atoms. The number of nitrogens with zero attached hydrogens (tertiary/aromatic N) is 2. The molecule has 1 unspecified atom stereocenters. The first-order chi connectivity index (χ1) is 35.2. The lowest BCUT2D eigenvalue weighted by Gasteiger charge is -2.27. The van der Waals surface area contributed by atoms with E-state index in [-0.39, 0.29) is 5.92 Å². The first-order valence-corrected chi connectivity index (χ1v) is 25.0. The molecule has 0 fully saturated rings. The van der Waals surface area contributed by atoms with Crippen LogP contribution in [0.4, 0.5) is 34.1 Å². The summed E-state index contributed by atoms with van der Waals surface area (Å²) < 4.78 is 0. The van der Waals surface area contributed by atoms with Crippen molar-refractivity contribution in [2.75, 3.05) is 9.80 Å². The van der Waals surface area contributed by atoms with E-state index in [1.165, 1.54) is 66.8 Å². The highest BCUT2D eigenvalue weighted by Gasteiger charge is 2.18. The minimum Gasteiger partial charge on any atom is -0.311 e. The van der Waals surface area contributed by atoms with Crippen molar-refractivity contribution in [3.8, 4) is 0 Å². The summed E-state index contributed by atoms with van der Waals surface area (Å²) in [5, 5.41) is 0. The lowest BCUT2D eigenvalue weighted by atomic mass is 9.92. The van der Waals surface area contributed by atoms with E-state index < -0.39 is 0 Å². The Morgan fingerprint density at radius 3 is 0.806 bits per heavy atom. The normalized spacial score (nSPS) is 11.3. The van der Waals surface area contributed by atoms with Gasteiger partial charge in [-0.15, -0.1) is 0 Å². The summed E-state index contributed by atoms with van der Waals surface area (Å²) in [5.41, 5.74) is 23.7. The van der Waals surface area contributed by atoms with E-state index in [1.54, 1.807) is 0 Å². The van der Waals surface area contributed by atoms with Gasteiger partial charge in [0, 0.05) is 40.0 Å². The molecule has 0 saturated heterocycles. The molecule has 0 radical (unpaired) electrons. The fourth-order valence-corrected chi connectivity index (χ4v) is 9.44. The summed E-state index contributed by atoms with van der Waals surface area (Å²) in [6, 6.07) is 92.6. The quantitative estimate of drug-likeness (QED) is 0.100. The van der Waals surface area contributed by atoms with Gasteiger partial charge in [-0.1, -0.05) is 211 Å². The Labute approximate surface area is 427 Å². The van der Waals surface area contributed by atoms with E-state index in [1.807, 2.05) is 0 Å². The van der Waals surface area contributed by atoms with Crippen LogP contribution in [0.15, 0.2) is 255 Å². The van der Waals surface area contributed by atoms with E-state index in [9.17, 15) is 0 Å². The minimum absolute atomic E-state index is 0.186. The van der Waals surface area contributed by atoms with Gasteiger partial charge >= 0.3 is 0 Å². The zero-order valence-corrected chi connectivity index (χ0v) is 41.9. The molecule has 2 nitrogen and oxygen atoms in total. The number of hydrogen-bond acceptors (Lipinski definition) is 2. The maximum absolute atomic E-state index is 2.35. The van der Waals surface area contributed by atoms with Gasteiger partial charge < -0.3 is 9.80 Å². The second-order valence-corrected chi connectivity index (χ2v) is 19.0. The predicted octanol–water partition coefficient (Wildman–Crippen LogP) is 19.2. The van der Waals surface area contributed by atoms with E-state index in [0.29, 0.717) is 0 Å². The summed E-state index contributed by atoms with van der Waals surface area (Å²) in [5.74, 6) is 0.186. The number of benzene rings is 10. The summed E-state index contributed by atoms with van der Waals surface area (Å²) in [6.07, 6.45) is 4.60. The van der Waals surface area contributed by atoms with E-state index in [4.69, 9.17) is 0 Å². The maximum atomic E-state index is 2.35. The lowest BCUT2D eigenvalue weighted by molar-refractivity contribution is 0.922. The molecule has 0 amide bonds. The van der Waals surface area contributed by atoms with Crippen molar-refractivity contribution in [1.29, 1.82) is 0 Å². The third-order valence-electron chi connectivity index (χ3n) is 13.7. The largest absolute Gasteiger partial charge is 0.311 e. The fraction of sp³-hybridized carbons (Fsp3) is 0.0857. The van der Waals surface area contributed by atoms with Crippen molar-refractivity contribution < 1.29 is 0 Å². The zero-order valence-electron chi connectivity index (χ0n) is 41.9. The minimum atomic E-state index is 0.186. The van der Waals surface area contributed by atoms with Crippen molar-refractivity contribution in [3.63, 3.8) is 0 Å². The third-order valence-corrected chi connectivity index (χ3v) is 13.7. The second kappa shape index (κ2) is 21.5. The van der Waals surface area contributed by atoms with Gasteiger partial charge in [-0.2, -0.15) is 0 Å². The molecule has 72 heavy (non-hydrogen) atoms. The SMILES string of the molecule is Cc1ccc(C(=Cc2ccc(N(c3ccc(C)cc3)c3ccc(C(C)c4ccc(N(c5ccc(C)cc5)c5ccc(C=C(c6ccccc6)c6ccccc6)cc5)cc4)cc3)cc2)c2ccc(C)cc2)cc1. The van der Waals surface area contributed by atoms with Gasteiger partial charge in [0.05, 0.1) is 0 Å². The first-order valence-electron chi connectivity index (χ1n) is 25.0. The Morgan fingerprint density at radius 2 is 0.514 bits per heavy atom. The Morgan fingerprint density at radius 1 is 0.278 bits per heavy atom. The highest BCUT2D eigenvalue weighted by Crippen LogP contribution is 2.39. The number of rotatable bonds is 14. The van der Waals surface area contributed by atoms with Crippen LogP contribution in [-0.2, 0) is 0 Å². The molecular formula is C70H60N2. The Kier molecular flexibility index (Phi) is 14.0. The van der Waals surface area contributed by atoms with Crippen LogP contribution in [0, 0.1) is 27.7 Å². The van der Waals surface area contributed by atoms with Crippen molar-refractivity contribution in [1.82, 2.24) is 0 Å². The van der Waals surface area contributed by atoms with Crippen molar-refractivity contribution in [2.45, 2.75) is 40.5 Å². The molecule has 10 aromatic carbocycles. The molecule has 0 spiro atoms. The van der Waals surface area contributed by atoms with Gasteiger partial charge in [-0.25, -0.2) is 0 Å². The van der Waals surface area contributed by atoms with Gasteiger partial charge in [0.2, 0.25) is 0 Å². The van der Waals surface area contributed by atoms with Crippen molar-refractivity contribution in [2.24, 2.45) is 0 Å². The van der Waals surface area contributed by atoms with Crippen LogP contribution in [0.1, 0.15) is 79.6 Å². The van der Waals surface area contributed by atoms with E-state index in [2.05, 4.69) is 311 Å². The van der Waals surface area contributed by atoms with Crippen LogP contribution in [-0.4, -0.2) is 0 Å². The van der Waals surface area contributed by atoms with Crippen molar-refractivity contribution in [3.05, 3.63) is 322 Å². The average molecular weight is 929 g/mol. The number of anilines is 6. The van der Waals surface area contributed by atoms with E-state index in [0.717, 1.165) is 45.3 Å². The van der Waals surface area contributed by atoms with Gasteiger partial charge in [-0.3, -0.25) is 0 Å². The topological polar surface area (TPSA) is 6.48 Å². The fourth-order valence-electron chi connectivity index (χ4n) is 9.44. The van der Waals surface area contributed by atoms with Crippen LogP contribution in [0.5, 0.6) is 0 Å². The van der Waals surface area contributed by atoms with Crippen LogP contribution >= 0.6 is 0 Å². The molecule has 0 aliphatic rings. The standard InChI is InChI=1S/C70H60N2/c1-50-16-28-61(29-17-50)70(62-30-18-51(2)19-31-62)49-56-26-42-66(43-27-56)72(64-38-22-53(4)23-39-64)68-46-34-58(35-47-68)54(5)57-32-44-67(45-33-57)71(63-36-20-52(3)21-37-63)65-40-24-55(25-41-65)48-69(59-12-8-6-9-13-59)60-14-10-7-11-15-60/h6-49,54H,1-5H3. The molecule has 0 heterocycles. The highest BCUT2D eigenvalue weighted by molar-refractivity contribution is 5.93. The maximum Gasteiger partial charge on any atom is 0.0462 e. The van der Waals surface area contributed by atoms with Crippen molar-refractivity contribution >= 4 is 57.4 Å². The predicted molar refractivity (Wildman–Crippen MR) is 308 cm³/mol. The third kappa shape index (κ3) is 10.8. The Bertz CT molecular complexity index is 3320. The molecule has 0 N–H and O–H groups in total. The van der Waals surface area contributed by atoms with E-state index >= 15 is 0 Å². The summed E-state index contributed by atoms with van der Waals surface area (Å²) in [6.45, 7) is 10.9. The molecule has 0 saturated carbocycles. The molecule has 2 heteroatoms. The highest BCUT2D eigenvalue weighted by atomic mass is 15.1. The van der Waals surface area contributed by atoms with Crippen LogP contribution in [0.3, 0.4) is 0 Å². The Balaban J connectivity index is 0.913. The summed E-state index contributed by atoms with van der Waals surface area (Å²) >= 11 is 0. The molecule has 350 valence electrons. The molecule has 0 aromatic heterocycles. The summed E-state index contributed by atoms with van der Waals surface area (Å²) in [7, 11) is 0. The van der Waals surface area contributed by atoms with Gasteiger partial charge in [0.25, 0.3) is 0 Å². The second-order valence-electron chi connectivity index (χ2n) is 19.0. The Hall–Kier alpha value is -8.72. The molecule has 10 aromatic rings. The lowest BCUT2D eigenvalue weighted by Crippen LogP contribution is -2.10. The molecule has 0 aliphatic carbocycles. The molecule has 0 aliphatic heterocycles. The van der Waals surface area contributed by atoms with Gasteiger partial charge in [0.15, 0.2) is 0 Å². The number of aryl methyl sites for hydroxylation is 4. The molecular weight excluding hydrogens is 869 g/mol. The molecule has 1 atom stereocenters. The van der Waals surface area contributed by atoms with Crippen LogP contribution in [0.25, 0.3) is 23.3 Å². The monoisotopic (exact) mass is 928 g/mol. The molecule has 10 rings (SSSR count).